The van der Waals surface area contributed by atoms with Crippen LogP contribution in [0, 0.1) is 11.8 Å². The summed E-state index contributed by atoms with van der Waals surface area (Å²) in [6.07, 6.45) is 1.15. The number of hydroxylamine groups is 1. The van der Waals surface area contributed by atoms with Gasteiger partial charge >= 0.3 is 0 Å². The standard InChI is InChI=1S/C32H34N2O6S/c1-2-3-22-40-27-17-19-28(20-18-27)41(39)29(32(37)33-38)16-10-11-21-34(30(35)23-25-12-6-4-7-13-25)31(36)24-26-14-8-5-9-15-26/h4-9,12-15,17-20,29,38H,10-11,16,21-24H2,1H3,(H,33,37). The van der Waals surface area contributed by atoms with Gasteiger partial charge in [0, 0.05) is 13.0 Å². The second kappa shape index (κ2) is 16.9. The molecule has 9 heteroatoms. The largest absolute Gasteiger partial charge is 0.611 e. The predicted octanol–water partition coefficient (Wildman–Crippen LogP) is 4.08. The molecule has 3 aromatic rings. The molecular formula is C32H34N2O6S. The second-order valence-electron chi connectivity index (χ2n) is 9.21. The molecule has 0 fully saturated rings. The van der Waals surface area contributed by atoms with Crippen molar-refractivity contribution in [3.05, 3.63) is 96.1 Å². The van der Waals surface area contributed by atoms with Gasteiger partial charge in [0.05, 0.1) is 12.8 Å². The highest BCUT2D eigenvalue weighted by atomic mass is 32.2. The average Bonchev–Trinajstić information content (AvgIpc) is 2.99. The number of imide groups is 1. The molecule has 0 spiro atoms. The molecule has 0 heterocycles. The third kappa shape index (κ3) is 10.1. The van der Waals surface area contributed by atoms with Gasteiger partial charge in [-0.3, -0.25) is 24.5 Å². The average molecular weight is 575 g/mol. The van der Waals surface area contributed by atoms with Gasteiger partial charge in [-0.1, -0.05) is 66.6 Å². The number of nitrogens with zero attached hydrogens (tertiary/aromatic N) is 1. The van der Waals surface area contributed by atoms with Gasteiger partial charge in [0.15, 0.2) is 4.90 Å². The molecule has 214 valence electrons. The third-order valence-electron chi connectivity index (χ3n) is 6.30. The van der Waals surface area contributed by atoms with Gasteiger partial charge in [-0.2, -0.15) is 0 Å². The smallest absolute Gasteiger partial charge is 0.296 e. The maximum atomic E-state index is 13.2. The Kier molecular flexibility index (Phi) is 12.9. The third-order valence-corrected chi connectivity index (χ3v) is 8.00. The van der Waals surface area contributed by atoms with Crippen LogP contribution in [0.2, 0.25) is 0 Å². The molecule has 0 saturated carbocycles. The van der Waals surface area contributed by atoms with Crippen molar-refractivity contribution in [2.45, 2.75) is 49.2 Å². The van der Waals surface area contributed by atoms with E-state index < -0.39 is 22.3 Å². The van der Waals surface area contributed by atoms with Crippen LogP contribution in [0.15, 0.2) is 89.8 Å². The summed E-state index contributed by atoms with van der Waals surface area (Å²) in [6.45, 7) is 2.10. The number of rotatable bonds is 14. The fourth-order valence-corrected chi connectivity index (χ4v) is 5.51. The first-order valence-corrected chi connectivity index (χ1v) is 14.5. The van der Waals surface area contributed by atoms with E-state index in [0.29, 0.717) is 23.5 Å². The SMILES string of the molecule is CC#CCOc1ccc([S+]([O-])C(CCCCN(C(=O)Cc2ccccc2)C(=O)Cc2ccccc2)C(=O)NO)cc1. The fraction of sp³-hybridized carbons (Fsp3) is 0.281. The van der Waals surface area contributed by atoms with Crippen molar-refractivity contribution < 1.29 is 28.9 Å². The lowest BCUT2D eigenvalue weighted by Crippen LogP contribution is -2.40. The molecule has 2 unspecified atom stereocenters. The van der Waals surface area contributed by atoms with E-state index in [1.54, 1.807) is 36.7 Å². The van der Waals surface area contributed by atoms with E-state index in [9.17, 15) is 24.1 Å². The summed E-state index contributed by atoms with van der Waals surface area (Å²) in [7, 11) is 0. The molecule has 2 N–H and O–H groups in total. The van der Waals surface area contributed by atoms with Gasteiger partial charge in [-0.15, -0.1) is 5.92 Å². The zero-order chi connectivity index (χ0) is 29.5. The molecule has 3 amide bonds. The first-order chi connectivity index (χ1) is 19.9. The van der Waals surface area contributed by atoms with E-state index in [1.807, 2.05) is 60.7 Å². The first kappa shape index (κ1) is 31.4. The Hall–Kier alpha value is -4.10. The van der Waals surface area contributed by atoms with Crippen LogP contribution < -0.4 is 10.2 Å². The van der Waals surface area contributed by atoms with Gasteiger partial charge in [0.25, 0.3) is 5.91 Å². The molecule has 0 aliphatic rings. The van der Waals surface area contributed by atoms with Crippen LogP contribution in [-0.2, 0) is 38.4 Å². The maximum absolute atomic E-state index is 13.2. The van der Waals surface area contributed by atoms with Crippen LogP contribution in [0.25, 0.3) is 0 Å². The van der Waals surface area contributed by atoms with Gasteiger partial charge in [0.1, 0.15) is 12.4 Å². The number of hydrogen-bond donors (Lipinski definition) is 2. The summed E-state index contributed by atoms with van der Waals surface area (Å²) in [5.41, 5.74) is 3.22. The number of carbonyl (C=O) groups excluding carboxylic acids is 3. The second-order valence-corrected chi connectivity index (χ2v) is 10.8. The summed E-state index contributed by atoms with van der Waals surface area (Å²) in [6, 6.07) is 24.9. The molecule has 0 aliphatic heterocycles. The fourth-order valence-electron chi connectivity index (χ4n) is 4.15. The lowest BCUT2D eigenvalue weighted by Gasteiger charge is -2.23. The molecule has 0 bridgehead atoms. The molecule has 0 aliphatic carbocycles. The van der Waals surface area contributed by atoms with E-state index in [1.165, 1.54) is 4.90 Å². The summed E-state index contributed by atoms with van der Waals surface area (Å²) in [4.78, 5) is 40.4. The summed E-state index contributed by atoms with van der Waals surface area (Å²) >= 11 is -1.75. The molecule has 8 nitrogen and oxygen atoms in total. The normalized spacial score (nSPS) is 11.9. The molecule has 3 aromatic carbocycles. The number of ether oxygens (including phenoxy) is 1. The number of unbranched alkanes of at least 4 members (excludes halogenated alkanes) is 1. The minimum Gasteiger partial charge on any atom is -0.611 e. The molecule has 3 rings (SSSR count). The minimum absolute atomic E-state index is 0.0889. The maximum Gasteiger partial charge on any atom is 0.296 e. The Morgan fingerprint density at radius 3 is 1.98 bits per heavy atom. The van der Waals surface area contributed by atoms with Crippen LogP contribution >= 0.6 is 0 Å². The van der Waals surface area contributed by atoms with E-state index >= 15 is 0 Å². The zero-order valence-electron chi connectivity index (χ0n) is 23.0. The number of hydrogen-bond acceptors (Lipinski definition) is 6. The number of carbonyl (C=O) groups is 3. The van der Waals surface area contributed by atoms with E-state index in [-0.39, 0.29) is 44.2 Å². The van der Waals surface area contributed by atoms with Gasteiger partial charge in [-0.25, -0.2) is 5.48 Å². The molecule has 2 atom stereocenters. The molecule has 0 aromatic heterocycles. The first-order valence-electron chi connectivity index (χ1n) is 13.3. The highest BCUT2D eigenvalue weighted by Crippen LogP contribution is 2.23. The van der Waals surface area contributed by atoms with Crippen molar-refractivity contribution in [2.75, 3.05) is 13.2 Å². The van der Waals surface area contributed by atoms with Gasteiger partial charge in [-0.05, 0) is 66.3 Å². The van der Waals surface area contributed by atoms with E-state index in [4.69, 9.17) is 4.74 Å². The molecule has 41 heavy (non-hydrogen) atoms. The Morgan fingerprint density at radius 1 is 0.902 bits per heavy atom. The van der Waals surface area contributed by atoms with Crippen molar-refractivity contribution in [1.29, 1.82) is 0 Å². The highest BCUT2D eigenvalue weighted by molar-refractivity contribution is 7.92. The van der Waals surface area contributed by atoms with Gasteiger partial charge < -0.3 is 9.29 Å². The van der Waals surface area contributed by atoms with Crippen molar-refractivity contribution in [3.63, 3.8) is 0 Å². The Balaban J connectivity index is 1.63. The predicted molar refractivity (Wildman–Crippen MR) is 156 cm³/mol. The van der Waals surface area contributed by atoms with E-state index in [0.717, 1.165) is 11.1 Å². The summed E-state index contributed by atoms with van der Waals surface area (Å²) in [5, 5.41) is 8.25. The van der Waals surface area contributed by atoms with Gasteiger partial charge in [0.2, 0.25) is 17.1 Å². The molecule has 0 radical (unpaired) electrons. The summed E-state index contributed by atoms with van der Waals surface area (Å²) in [5.74, 6) is 4.70. The van der Waals surface area contributed by atoms with Crippen molar-refractivity contribution >= 4 is 28.9 Å². The van der Waals surface area contributed by atoms with Crippen molar-refractivity contribution in [1.82, 2.24) is 10.4 Å². The summed E-state index contributed by atoms with van der Waals surface area (Å²) < 4.78 is 18.7. The quantitative estimate of drug-likeness (QED) is 0.0985. The van der Waals surface area contributed by atoms with Crippen LogP contribution in [0.5, 0.6) is 5.75 Å². The zero-order valence-corrected chi connectivity index (χ0v) is 23.8. The van der Waals surface area contributed by atoms with Crippen molar-refractivity contribution in [3.8, 4) is 17.6 Å². The minimum atomic E-state index is -1.75. The lowest BCUT2D eigenvalue weighted by molar-refractivity contribution is -0.144. The molecular weight excluding hydrogens is 540 g/mol. The van der Waals surface area contributed by atoms with Crippen molar-refractivity contribution in [2.24, 2.45) is 0 Å². The van der Waals surface area contributed by atoms with E-state index in [2.05, 4.69) is 11.8 Å². The number of nitrogens with one attached hydrogen (secondary N) is 1. The van der Waals surface area contributed by atoms with Crippen LogP contribution in [0.4, 0.5) is 0 Å². The highest BCUT2D eigenvalue weighted by Gasteiger charge is 2.32. The lowest BCUT2D eigenvalue weighted by atomic mass is 10.1. The Bertz CT molecular complexity index is 1270. The number of benzene rings is 3. The monoisotopic (exact) mass is 574 g/mol. The Morgan fingerprint density at radius 2 is 1.46 bits per heavy atom. The molecule has 0 saturated heterocycles. The van der Waals surface area contributed by atoms with Crippen LogP contribution in [-0.4, -0.2) is 50.8 Å². The number of amides is 3. The van der Waals surface area contributed by atoms with Crippen LogP contribution in [0.3, 0.4) is 0 Å². The van der Waals surface area contributed by atoms with Crippen LogP contribution in [0.1, 0.15) is 37.3 Å². The Labute approximate surface area is 243 Å². The topological polar surface area (TPSA) is 119 Å².